The van der Waals surface area contributed by atoms with Gasteiger partial charge in [-0.2, -0.15) is 0 Å². The molecule has 2 aliphatic rings. The first-order chi connectivity index (χ1) is 12.9. The molecule has 158 valence electrons. The van der Waals surface area contributed by atoms with Crippen LogP contribution in [0.25, 0.3) is 0 Å². The number of piperidine rings is 1. The Morgan fingerprint density at radius 1 is 1.39 bits per heavy atom. The van der Waals surface area contributed by atoms with Gasteiger partial charge in [-0.1, -0.05) is 13.8 Å². The second-order valence-corrected chi connectivity index (χ2v) is 8.65. The monoisotopic (exact) mass is 411 g/mol. The summed E-state index contributed by atoms with van der Waals surface area (Å²) in [5, 5.41) is 6.34. The molecule has 7 heteroatoms. The van der Waals surface area contributed by atoms with Gasteiger partial charge in [-0.3, -0.25) is 9.59 Å². The number of halogens is 1. The largest absolute Gasteiger partial charge is 0.376 e. The summed E-state index contributed by atoms with van der Waals surface area (Å²) in [5.74, 6) is 0.226. The van der Waals surface area contributed by atoms with Gasteiger partial charge >= 0.3 is 0 Å². The van der Waals surface area contributed by atoms with E-state index in [0.29, 0.717) is 19.0 Å². The Bertz CT molecular complexity index is 726. The van der Waals surface area contributed by atoms with Crippen LogP contribution in [0.4, 0.5) is 0 Å². The van der Waals surface area contributed by atoms with Gasteiger partial charge in [0.05, 0.1) is 12.7 Å². The van der Waals surface area contributed by atoms with E-state index in [1.807, 2.05) is 13.0 Å². The molecule has 1 aromatic heterocycles. The molecule has 1 amide bonds. The van der Waals surface area contributed by atoms with Crippen LogP contribution in [0.3, 0.4) is 0 Å². The summed E-state index contributed by atoms with van der Waals surface area (Å²) in [7, 11) is 0. The van der Waals surface area contributed by atoms with Gasteiger partial charge in [0, 0.05) is 19.3 Å². The molecule has 28 heavy (non-hydrogen) atoms. The molecule has 0 radical (unpaired) electrons. The number of amides is 1. The van der Waals surface area contributed by atoms with E-state index in [9.17, 15) is 9.59 Å². The molecule has 1 aromatic rings. The highest BCUT2D eigenvalue weighted by atomic mass is 35.5. The van der Waals surface area contributed by atoms with Crippen LogP contribution >= 0.6 is 12.4 Å². The van der Waals surface area contributed by atoms with E-state index in [-0.39, 0.29) is 41.0 Å². The Morgan fingerprint density at radius 2 is 2.11 bits per heavy atom. The van der Waals surface area contributed by atoms with Crippen molar-refractivity contribution in [2.45, 2.75) is 59.1 Å². The molecular formula is C21H34ClN3O3. The van der Waals surface area contributed by atoms with Gasteiger partial charge in [0.2, 0.25) is 0 Å². The lowest BCUT2D eigenvalue weighted by atomic mass is 9.77. The summed E-state index contributed by atoms with van der Waals surface area (Å²) in [6.45, 7) is 10.0. The molecule has 1 unspecified atom stereocenters. The van der Waals surface area contributed by atoms with Crippen molar-refractivity contribution in [3.05, 3.63) is 33.7 Å². The SMILES string of the molecule is Cc1ccn(CCC(C)C)c(=O)c1C(=O)NCC1CC2(CCNCC2)CO1.Cl. The van der Waals surface area contributed by atoms with Gasteiger partial charge in [-0.15, -0.1) is 12.4 Å². The number of nitrogens with one attached hydrogen (secondary N) is 2. The predicted molar refractivity (Wildman–Crippen MR) is 113 cm³/mol. The van der Waals surface area contributed by atoms with Crippen molar-refractivity contribution in [3.8, 4) is 0 Å². The third kappa shape index (κ3) is 5.37. The molecule has 0 saturated carbocycles. The molecular weight excluding hydrogens is 378 g/mol. The van der Waals surface area contributed by atoms with Crippen LogP contribution in [0.15, 0.2) is 17.1 Å². The zero-order valence-electron chi connectivity index (χ0n) is 17.3. The van der Waals surface area contributed by atoms with Crippen LogP contribution in [0, 0.1) is 18.3 Å². The van der Waals surface area contributed by atoms with Crippen molar-refractivity contribution < 1.29 is 9.53 Å². The Morgan fingerprint density at radius 3 is 2.79 bits per heavy atom. The number of ether oxygens (including phenoxy) is 1. The number of carbonyl (C=O) groups excluding carboxylic acids is 1. The maximum Gasteiger partial charge on any atom is 0.263 e. The zero-order chi connectivity index (χ0) is 19.4. The maximum atomic E-state index is 12.7. The Balaban J connectivity index is 0.00000280. The average Bonchev–Trinajstić information content (AvgIpc) is 3.02. The van der Waals surface area contributed by atoms with Crippen LogP contribution in [0.2, 0.25) is 0 Å². The van der Waals surface area contributed by atoms with Crippen molar-refractivity contribution in [2.75, 3.05) is 26.2 Å². The van der Waals surface area contributed by atoms with E-state index in [1.165, 1.54) is 0 Å². The molecule has 2 fully saturated rings. The number of hydrogen-bond donors (Lipinski definition) is 2. The molecule has 0 aliphatic carbocycles. The summed E-state index contributed by atoms with van der Waals surface area (Å²) in [5.41, 5.74) is 1.05. The highest BCUT2D eigenvalue weighted by molar-refractivity contribution is 5.95. The van der Waals surface area contributed by atoms with Crippen LogP contribution in [-0.4, -0.2) is 42.8 Å². The molecule has 2 N–H and O–H groups in total. The summed E-state index contributed by atoms with van der Waals surface area (Å²) in [4.78, 5) is 25.5. The number of aromatic nitrogens is 1. The smallest absolute Gasteiger partial charge is 0.263 e. The first-order valence-electron chi connectivity index (χ1n) is 10.2. The lowest BCUT2D eigenvalue weighted by molar-refractivity contribution is 0.0780. The van der Waals surface area contributed by atoms with E-state index < -0.39 is 0 Å². The van der Waals surface area contributed by atoms with E-state index in [1.54, 1.807) is 10.8 Å². The summed E-state index contributed by atoms with van der Waals surface area (Å²) >= 11 is 0. The van der Waals surface area contributed by atoms with Crippen LogP contribution in [0.1, 0.15) is 55.5 Å². The summed E-state index contributed by atoms with van der Waals surface area (Å²) in [6.07, 6.45) is 6.00. The maximum absolute atomic E-state index is 12.7. The molecule has 6 nitrogen and oxygen atoms in total. The molecule has 3 rings (SSSR count). The Labute approximate surface area is 173 Å². The van der Waals surface area contributed by atoms with Gasteiger partial charge < -0.3 is 19.9 Å². The van der Waals surface area contributed by atoms with Gasteiger partial charge in [0.15, 0.2) is 0 Å². The highest BCUT2D eigenvalue weighted by Gasteiger charge is 2.40. The number of rotatable bonds is 6. The van der Waals surface area contributed by atoms with Crippen LogP contribution in [0.5, 0.6) is 0 Å². The van der Waals surface area contributed by atoms with Crippen molar-refractivity contribution in [2.24, 2.45) is 11.3 Å². The predicted octanol–water partition coefficient (Wildman–Crippen LogP) is 2.51. The Hall–Kier alpha value is -1.37. The third-order valence-corrected chi connectivity index (χ3v) is 5.99. The van der Waals surface area contributed by atoms with Crippen molar-refractivity contribution in [1.29, 1.82) is 0 Å². The first-order valence-corrected chi connectivity index (χ1v) is 10.2. The number of hydrogen-bond acceptors (Lipinski definition) is 4. The fourth-order valence-electron chi connectivity index (χ4n) is 4.14. The van der Waals surface area contributed by atoms with Gasteiger partial charge in [0.25, 0.3) is 11.5 Å². The van der Waals surface area contributed by atoms with E-state index >= 15 is 0 Å². The second kappa shape index (κ2) is 9.90. The zero-order valence-corrected chi connectivity index (χ0v) is 18.1. The second-order valence-electron chi connectivity index (χ2n) is 8.65. The minimum atomic E-state index is -0.286. The lowest BCUT2D eigenvalue weighted by Gasteiger charge is -2.32. The topological polar surface area (TPSA) is 72.4 Å². The van der Waals surface area contributed by atoms with E-state index in [2.05, 4.69) is 24.5 Å². The van der Waals surface area contributed by atoms with Crippen LogP contribution in [-0.2, 0) is 11.3 Å². The number of nitrogens with zero attached hydrogens (tertiary/aromatic N) is 1. The highest BCUT2D eigenvalue weighted by Crippen LogP contribution is 2.40. The number of aryl methyl sites for hydroxylation is 2. The molecule has 1 spiro atoms. The van der Waals surface area contributed by atoms with Gasteiger partial charge in [0.1, 0.15) is 5.56 Å². The number of pyridine rings is 1. The fourth-order valence-corrected chi connectivity index (χ4v) is 4.14. The summed E-state index contributed by atoms with van der Waals surface area (Å²) in [6, 6.07) is 1.85. The molecule has 2 saturated heterocycles. The standard InChI is InChI=1S/C21H33N3O3.ClH/c1-15(2)4-10-24-11-5-16(3)18(20(24)26)19(25)23-13-17-12-21(14-27-17)6-8-22-9-7-21;/h5,11,15,17,22H,4,6-10,12-14H2,1-3H3,(H,23,25);1H. The van der Waals surface area contributed by atoms with Crippen molar-refractivity contribution in [3.63, 3.8) is 0 Å². The lowest BCUT2D eigenvalue weighted by Crippen LogP contribution is -2.39. The minimum Gasteiger partial charge on any atom is -0.376 e. The quantitative estimate of drug-likeness (QED) is 0.754. The average molecular weight is 412 g/mol. The molecule has 2 aliphatic heterocycles. The molecule has 0 bridgehead atoms. The van der Waals surface area contributed by atoms with Crippen molar-refractivity contribution >= 4 is 18.3 Å². The van der Waals surface area contributed by atoms with E-state index in [0.717, 1.165) is 50.9 Å². The fraction of sp³-hybridized carbons (Fsp3) is 0.714. The number of carbonyl (C=O) groups is 1. The molecule has 3 heterocycles. The molecule has 1 atom stereocenters. The minimum absolute atomic E-state index is 0. The van der Waals surface area contributed by atoms with Crippen LogP contribution < -0.4 is 16.2 Å². The Kier molecular flexibility index (Phi) is 8.10. The van der Waals surface area contributed by atoms with E-state index in [4.69, 9.17) is 4.74 Å². The van der Waals surface area contributed by atoms with Gasteiger partial charge in [-0.25, -0.2) is 0 Å². The third-order valence-electron chi connectivity index (χ3n) is 5.99. The summed E-state index contributed by atoms with van der Waals surface area (Å²) < 4.78 is 7.61. The van der Waals surface area contributed by atoms with Gasteiger partial charge in [-0.05, 0) is 68.7 Å². The normalized spacial score (nSPS) is 20.9. The van der Waals surface area contributed by atoms with Crippen molar-refractivity contribution in [1.82, 2.24) is 15.2 Å². The molecule has 0 aromatic carbocycles. The first kappa shape index (κ1) is 22.9.